The lowest BCUT2D eigenvalue weighted by atomic mass is 9.98. The Morgan fingerprint density at radius 3 is 2.68 bits per heavy atom. The summed E-state index contributed by atoms with van der Waals surface area (Å²) in [7, 11) is 1.80. The number of piperidine rings is 1. The monoisotopic (exact) mass is 403 g/mol. The van der Waals surface area contributed by atoms with Crippen molar-refractivity contribution in [1.29, 1.82) is 0 Å². The van der Waals surface area contributed by atoms with Crippen LogP contribution in [0.1, 0.15) is 30.1 Å². The number of hydrogen-bond acceptors (Lipinski definition) is 7. The Labute approximate surface area is 168 Å². The third-order valence-electron chi connectivity index (χ3n) is 4.65. The molecule has 1 aliphatic heterocycles. The van der Waals surface area contributed by atoms with Gasteiger partial charge in [-0.2, -0.15) is 10.1 Å². The van der Waals surface area contributed by atoms with E-state index in [0.717, 1.165) is 43.0 Å². The number of nitrogens with one attached hydrogen (secondary N) is 2. The molecule has 0 unspecified atom stereocenters. The second kappa shape index (κ2) is 8.89. The lowest BCUT2D eigenvalue weighted by Crippen LogP contribution is -2.27. The summed E-state index contributed by atoms with van der Waals surface area (Å²) in [5.74, 6) is 1.51. The molecular weight excluding hydrogens is 382 g/mol. The van der Waals surface area contributed by atoms with Gasteiger partial charge in [-0.05, 0) is 54.1 Å². The number of aromatic nitrogens is 7. The first-order chi connectivity index (χ1) is 13.2. The first-order valence-electron chi connectivity index (χ1n) is 8.93. The summed E-state index contributed by atoms with van der Waals surface area (Å²) in [5.41, 5.74) is 1.73. The molecule has 1 saturated heterocycles. The van der Waals surface area contributed by atoms with Gasteiger partial charge in [-0.15, -0.1) is 17.5 Å². The Kier molecular flexibility index (Phi) is 6.32. The summed E-state index contributed by atoms with van der Waals surface area (Å²) in [5, 5.41) is 21.7. The fraction of sp³-hybridized carbons (Fsp3) is 0.412. The van der Waals surface area contributed by atoms with Crippen LogP contribution in [0, 0.1) is 0 Å². The molecule has 0 spiro atoms. The molecular formula is C17H22ClN9O. The highest BCUT2D eigenvalue weighted by molar-refractivity contribution is 5.90. The zero-order valence-corrected chi connectivity index (χ0v) is 16.3. The van der Waals surface area contributed by atoms with E-state index in [1.165, 1.54) is 6.33 Å². The number of hydrogen-bond donors (Lipinski definition) is 2. The maximum absolute atomic E-state index is 12.4. The summed E-state index contributed by atoms with van der Waals surface area (Å²) in [6.45, 7) is 1.95. The quantitative estimate of drug-likeness (QED) is 0.649. The molecule has 0 aliphatic carbocycles. The van der Waals surface area contributed by atoms with Gasteiger partial charge in [0, 0.05) is 13.0 Å². The van der Waals surface area contributed by atoms with E-state index in [4.69, 9.17) is 0 Å². The lowest BCUT2D eigenvalue weighted by molar-refractivity contribution is -0.115. The van der Waals surface area contributed by atoms with Crippen molar-refractivity contribution in [2.24, 2.45) is 7.05 Å². The van der Waals surface area contributed by atoms with E-state index in [1.807, 2.05) is 24.3 Å². The van der Waals surface area contributed by atoms with E-state index < -0.39 is 0 Å². The second-order valence-corrected chi connectivity index (χ2v) is 6.59. The van der Waals surface area contributed by atoms with Crippen LogP contribution in [0.15, 0.2) is 30.6 Å². The molecule has 3 aromatic rings. The fourth-order valence-electron chi connectivity index (χ4n) is 3.17. The van der Waals surface area contributed by atoms with Crippen molar-refractivity contribution in [1.82, 2.24) is 40.3 Å². The molecule has 2 aromatic heterocycles. The molecule has 4 rings (SSSR count). The number of carbonyl (C=O) groups excluding carboxylic acids is 1. The van der Waals surface area contributed by atoms with Gasteiger partial charge in [0.15, 0.2) is 5.82 Å². The summed E-state index contributed by atoms with van der Waals surface area (Å²) in [6, 6.07) is 7.51. The number of aryl methyl sites for hydroxylation is 1. The molecule has 28 heavy (non-hydrogen) atoms. The third kappa shape index (κ3) is 4.52. The Hall–Kier alpha value is -2.85. The van der Waals surface area contributed by atoms with Gasteiger partial charge in [0.25, 0.3) is 0 Å². The minimum Gasteiger partial charge on any atom is -0.317 e. The maximum Gasteiger partial charge on any atom is 0.231 e. The van der Waals surface area contributed by atoms with Gasteiger partial charge in [0.05, 0.1) is 12.1 Å². The Balaban J connectivity index is 0.00000225. The van der Waals surface area contributed by atoms with Crippen LogP contribution in [0.4, 0.5) is 5.95 Å². The van der Waals surface area contributed by atoms with Crippen LogP contribution in [-0.2, 0) is 18.3 Å². The van der Waals surface area contributed by atoms with Gasteiger partial charge in [-0.3, -0.25) is 10.1 Å². The van der Waals surface area contributed by atoms with Gasteiger partial charge in [-0.1, -0.05) is 12.1 Å². The molecule has 148 valence electrons. The van der Waals surface area contributed by atoms with Crippen molar-refractivity contribution >= 4 is 24.3 Å². The standard InChI is InChI=1S/C17H21N9O.ClH/c1-25-17(21-16(22-25)13-6-8-18-9-7-13)20-15(27)10-12-2-4-14(5-3-12)26-11-19-23-24-26;/h2-5,11,13,18H,6-10H2,1H3,(H,20,21,22,27);1H. The minimum atomic E-state index is -0.127. The fourth-order valence-corrected chi connectivity index (χ4v) is 3.17. The molecule has 1 fully saturated rings. The van der Waals surface area contributed by atoms with Crippen molar-refractivity contribution in [3.63, 3.8) is 0 Å². The Morgan fingerprint density at radius 1 is 1.25 bits per heavy atom. The third-order valence-corrected chi connectivity index (χ3v) is 4.65. The number of anilines is 1. The first kappa shape index (κ1) is 19.9. The zero-order valence-electron chi connectivity index (χ0n) is 15.4. The van der Waals surface area contributed by atoms with Crippen LogP contribution in [0.3, 0.4) is 0 Å². The SMILES string of the molecule is Cl.Cn1nc(C2CCNCC2)nc1NC(=O)Cc1ccc(-n2cnnn2)cc1. The van der Waals surface area contributed by atoms with Gasteiger partial charge in [-0.25, -0.2) is 9.36 Å². The van der Waals surface area contributed by atoms with Crippen molar-refractivity contribution in [2.45, 2.75) is 25.2 Å². The largest absolute Gasteiger partial charge is 0.317 e. The van der Waals surface area contributed by atoms with Gasteiger partial charge in [0.1, 0.15) is 6.33 Å². The van der Waals surface area contributed by atoms with Crippen molar-refractivity contribution in [2.75, 3.05) is 18.4 Å². The molecule has 3 heterocycles. The average molecular weight is 404 g/mol. The molecule has 2 N–H and O–H groups in total. The molecule has 0 radical (unpaired) electrons. The number of tetrazole rings is 1. The van der Waals surface area contributed by atoms with E-state index in [-0.39, 0.29) is 24.7 Å². The Bertz CT molecular complexity index is 901. The van der Waals surface area contributed by atoms with Crippen LogP contribution < -0.4 is 10.6 Å². The normalized spacial score (nSPS) is 14.5. The average Bonchev–Trinajstić information content (AvgIpc) is 3.34. The highest BCUT2D eigenvalue weighted by Crippen LogP contribution is 2.23. The molecule has 1 aromatic carbocycles. The number of amides is 1. The van der Waals surface area contributed by atoms with E-state index in [0.29, 0.717) is 11.9 Å². The lowest BCUT2D eigenvalue weighted by Gasteiger charge is -2.19. The summed E-state index contributed by atoms with van der Waals surface area (Å²) in [6.07, 6.45) is 3.82. The van der Waals surface area contributed by atoms with Crippen molar-refractivity contribution in [3.05, 3.63) is 42.0 Å². The number of rotatable bonds is 5. The predicted molar refractivity (Wildman–Crippen MR) is 105 cm³/mol. The zero-order chi connectivity index (χ0) is 18.6. The van der Waals surface area contributed by atoms with Gasteiger partial charge in [0.2, 0.25) is 11.9 Å². The van der Waals surface area contributed by atoms with Crippen molar-refractivity contribution < 1.29 is 4.79 Å². The molecule has 10 nitrogen and oxygen atoms in total. The van der Waals surface area contributed by atoms with Crippen LogP contribution >= 0.6 is 12.4 Å². The predicted octanol–water partition coefficient (Wildman–Crippen LogP) is 0.861. The van der Waals surface area contributed by atoms with Crippen LogP contribution in [0.25, 0.3) is 5.69 Å². The summed E-state index contributed by atoms with van der Waals surface area (Å²) >= 11 is 0. The van der Waals surface area contributed by atoms with E-state index in [2.05, 4.69) is 36.2 Å². The molecule has 0 saturated carbocycles. The number of nitrogens with zero attached hydrogens (tertiary/aromatic N) is 7. The van der Waals surface area contributed by atoms with E-state index in [9.17, 15) is 4.79 Å². The second-order valence-electron chi connectivity index (χ2n) is 6.59. The van der Waals surface area contributed by atoms with Crippen LogP contribution in [-0.4, -0.2) is 54.0 Å². The molecule has 11 heteroatoms. The van der Waals surface area contributed by atoms with Crippen molar-refractivity contribution in [3.8, 4) is 5.69 Å². The Morgan fingerprint density at radius 2 is 2.00 bits per heavy atom. The topological polar surface area (TPSA) is 115 Å². The van der Waals surface area contributed by atoms with Crippen LogP contribution in [0.5, 0.6) is 0 Å². The molecule has 1 aliphatic rings. The molecule has 0 bridgehead atoms. The summed E-state index contributed by atoms with van der Waals surface area (Å²) in [4.78, 5) is 16.9. The molecule has 1 amide bonds. The number of halogens is 1. The number of benzene rings is 1. The van der Waals surface area contributed by atoms with Gasteiger partial charge < -0.3 is 5.32 Å². The highest BCUT2D eigenvalue weighted by atomic mass is 35.5. The van der Waals surface area contributed by atoms with E-state index >= 15 is 0 Å². The van der Waals surface area contributed by atoms with Gasteiger partial charge >= 0.3 is 0 Å². The van der Waals surface area contributed by atoms with Crippen LogP contribution in [0.2, 0.25) is 0 Å². The molecule has 0 atom stereocenters. The number of carbonyl (C=O) groups is 1. The van der Waals surface area contributed by atoms with E-state index in [1.54, 1.807) is 16.4 Å². The first-order valence-corrected chi connectivity index (χ1v) is 8.93. The minimum absolute atomic E-state index is 0. The smallest absolute Gasteiger partial charge is 0.231 e. The highest BCUT2D eigenvalue weighted by Gasteiger charge is 2.21. The summed E-state index contributed by atoms with van der Waals surface area (Å²) < 4.78 is 3.20. The maximum atomic E-state index is 12.4.